The zero-order valence-electron chi connectivity index (χ0n) is 14.8. The minimum atomic E-state index is -4.43. The van der Waals surface area contributed by atoms with Crippen molar-refractivity contribution in [3.05, 3.63) is 23.9 Å². The summed E-state index contributed by atoms with van der Waals surface area (Å²) in [5.74, 6) is 0.473. The number of carbonyl (C=O) groups is 1. The number of nitrogens with one attached hydrogen (secondary N) is 1. The average Bonchev–Trinajstić information content (AvgIpc) is 3.02. The van der Waals surface area contributed by atoms with Gasteiger partial charge in [0.05, 0.1) is 11.5 Å². The molecule has 0 bridgehead atoms. The summed E-state index contributed by atoms with van der Waals surface area (Å²) >= 11 is 0. The second-order valence-corrected chi connectivity index (χ2v) is 7.07. The molecule has 0 aliphatic carbocycles. The van der Waals surface area contributed by atoms with Gasteiger partial charge >= 0.3 is 6.18 Å². The predicted octanol–water partition coefficient (Wildman–Crippen LogP) is 2.74. The molecule has 2 aromatic rings. The number of aromatic nitrogens is 3. The van der Waals surface area contributed by atoms with Crippen LogP contribution in [0, 0.1) is 11.8 Å². The van der Waals surface area contributed by atoms with Crippen LogP contribution in [0.2, 0.25) is 0 Å². The van der Waals surface area contributed by atoms with Crippen LogP contribution in [0.5, 0.6) is 0 Å². The molecule has 9 heteroatoms. The largest absolute Gasteiger partial charge is 0.417 e. The van der Waals surface area contributed by atoms with Crippen LogP contribution in [-0.2, 0) is 11.0 Å². The first-order valence-electron chi connectivity index (χ1n) is 8.70. The Balaban J connectivity index is 1.81. The van der Waals surface area contributed by atoms with Gasteiger partial charge in [0.25, 0.3) is 0 Å². The van der Waals surface area contributed by atoms with Crippen LogP contribution < -0.4 is 10.2 Å². The lowest BCUT2D eigenvalue weighted by Gasteiger charge is -2.32. The van der Waals surface area contributed by atoms with Gasteiger partial charge in [-0.15, -0.1) is 10.2 Å². The van der Waals surface area contributed by atoms with E-state index in [2.05, 4.69) is 15.5 Å². The van der Waals surface area contributed by atoms with Crippen LogP contribution in [0.3, 0.4) is 0 Å². The summed E-state index contributed by atoms with van der Waals surface area (Å²) in [5.41, 5.74) is -0.409. The number of hydrogen-bond donors (Lipinski definition) is 1. The van der Waals surface area contributed by atoms with Crippen LogP contribution >= 0.6 is 0 Å². The van der Waals surface area contributed by atoms with Gasteiger partial charge in [0.1, 0.15) is 0 Å². The summed E-state index contributed by atoms with van der Waals surface area (Å²) < 4.78 is 40.3. The Bertz CT molecular complexity index is 786. The highest BCUT2D eigenvalue weighted by molar-refractivity contribution is 5.79. The number of nitrogens with zero attached hydrogens (tertiary/aromatic N) is 4. The summed E-state index contributed by atoms with van der Waals surface area (Å²) in [4.78, 5) is 14.2. The number of carbonyl (C=O) groups excluding carboxylic acids is 1. The van der Waals surface area contributed by atoms with E-state index >= 15 is 0 Å². The highest BCUT2D eigenvalue weighted by Gasteiger charge is 2.32. The Labute approximate surface area is 149 Å². The van der Waals surface area contributed by atoms with Crippen molar-refractivity contribution >= 4 is 17.5 Å². The lowest BCUT2D eigenvalue weighted by Crippen LogP contribution is -2.44. The van der Waals surface area contributed by atoms with Crippen LogP contribution in [0.4, 0.5) is 19.1 Å². The molecule has 142 valence electrons. The summed E-state index contributed by atoms with van der Waals surface area (Å²) in [6, 6.07) is 2.29. The number of alkyl halides is 3. The number of hydrogen-bond acceptors (Lipinski definition) is 4. The van der Waals surface area contributed by atoms with Gasteiger partial charge in [0.15, 0.2) is 5.65 Å². The van der Waals surface area contributed by atoms with E-state index in [1.54, 1.807) is 0 Å². The fraction of sp³-hybridized carbons (Fsp3) is 0.588. The topological polar surface area (TPSA) is 62.5 Å². The molecule has 1 aliphatic rings. The molecule has 1 saturated heterocycles. The lowest BCUT2D eigenvalue weighted by atomic mass is 9.97. The molecule has 3 heterocycles. The van der Waals surface area contributed by atoms with Crippen LogP contribution in [-0.4, -0.2) is 40.1 Å². The quantitative estimate of drug-likeness (QED) is 0.900. The number of fused-ring (bicyclic) bond motifs is 1. The van der Waals surface area contributed by atoms with E-state index in [0.717, 1.165) is 25.1 Å². The predicted molar refractivity (Wildman–Crippen MR) is 90.8 cm³/mol. The smallest absolute Gasteiger partial charge is 0.356 e. The number of rotatable bonds is 4. The second kappa shape index (κ2) is 7.13. The SMILES string of the molecule is CC(C)CNC(=O)[C@H]1CCCN(c2nnc3ccc(C(F)(F)F)cn23)C1. The van der Waals surface area contributed by atoms with Gasteiger partial charge in [-0.1, -0.05) is 13.8 Å². The number of halogens is 3. The van der Waals surface area contributed by atoms with Gasteiger partial charge in [-0.2, -0.15) is 13.2 Å². The van der Waals surface area contributed by atoms with Crippen LogP contribution in [0.15, 0.2) is 18.3 Å². The molecule has 1 N–H and O–H groups in total. The molecule has 1 amide bonds. The first-order chi connectivity index (χ1) is 12.3. The van der Waals surface area contributed by atoms with Gasteiger partial charge in [-0.05, 0) is 30.9 Å². The Morgan fingerprint density at radius 2 is 2.12 bits per heavy atom. The molecule has 0 unspecified atom stereocenters. The van der Waals surface area contributed by atoms with E-state index in [9.17, 15) is 18.0 Å². The molecule has 26 heavy (non-hydrogen) atoms. The standard InChI is InChI=1S/C17H22F3N5O/c1-11(2)8-21-15(26)12-4-3-7-24(9-12)16-23-22-14-6-5-13(10-25(14)16)17(18,19)20/h5-6,10-12H,3-4,7-9H2,1-2H3,(H,21,26)/t12-/m0/s1. The van der Waals surface area contributed by atoms with E-state index in [4.69, 9.17) is 0 Å². The van der Waals surface area contributed by atoms with Crippen molar-refractivity contribution in [1.82, 2.24) is 19.9 Å². The molecule has 0 saturated carbocycles. The minimum Gasteiger partial charge on any atom is -0.356 e. The third-order valence-electron chi connectivity index (χ3n) is 4.47. The third kappa shape index (κ3) is 3.91. The molecular formula is C17H22F3N5O. The van der Waals surface area contributed by atoms with Gasteiger partial charge in [0.2, 0.25) is 11.9 Å². The number of anilines is 1. The Morgan fingerprint density at radius 1 is 1.35 bits per heavy atom. The van der Waals surface area contributed by atoms with Crippen molar-refractivity contribution in [2.45, 2.75) is 32.9 Å². The van der Waals surface area contributed by atoms with Gasteiger partial charge in [-0.25, -0.2) is 0 Å². The summed E-state index contributed by atoms with van der Waals surface area (Å²) in [6.45, 7) is 5.70. The van der Waals surface area contributed by atoms with Crippen molar-refractivity contribution in [1.29, 1.82) is 0 Å². The molecule has 1 atom stereocenters. The maximum atomic E-state index is 13.0. The van der Waals surface area contributed by atoms with Crippen LogP contribution in [0.1, 0.15) is 32.3 Å². The number of pyridine rings is 1. The first kappa shape index (κ1) is 18.5. The van der Waals surface area contributed by atoms with Crippen molar-refractivity contribution in [3.63, 3.8) is 0 Å². The number of amides is 1. The van der Waals surface area contributed by atoms with Crippen molar-refractivity contribution in [2.24, 2.45) is 11.8 Å². The van der Waals surface area contributed by atoms with Crippen molar-refractivity contribution < 1.29 is 18.0 Å². The monoisotopic (exact) mass is 369 g/mol. The van der Waals surface area contributed by atoms with E-state index in [1.807, 2.05) is 18.7 Å². The maximum Gasteiger partial charge on any atom is 0.417 e. The molecular weight excluding hydrogens is 347 g/mol. The fourth-order valence-corrected chi connectivity index (χ4v) is 3.08. The molecule has 0 spiro atoms. The van der Waals surface area contributed by atoms with E-state index in [1.165, 1.54) is 10.5 Å². The van der Waals surface area contributed by atoms with Gasteiger partial charge in [0, 0.05) is 25.8 Å². The molecule has 3 rings (SSSR count). The number of piperidine rings is 1. The molecule has 1 aliphatic heterocycles. The van der Waals surface area contributed by atoms with E-state index in [0.29, 0.717) is 37.1 Å². The molecule has 1 fully saturated rings. The molecule has 2 aromatic heterocycles. The average molecular weight is 369 g/mol. The Morgan fingerprint density at radius 3 is 2.81 bits per heavy atom. The Hall–Kier alpha value is -2.32. The highest BCUT2D eigenvalue weighted by atomic mass is 19.4. The maximum absolute atomic E-state index is 13.0. The molecule has 0 aromatic carbocycles. The summed E-state index contributed by atoms with van der Waals surface area (Å²) in [6.07, 6.45) is -1.90. The zero-order valence-corrected chi connectivity index (χ0v) is 14.8. The third-order valence-corrected chi connectivity index (χ3v) is 4.47. The molecule has 0 radical (unpaired) electrons. The second-order valence-electron chi connectivity index (χ2n) is 7.07. The fourth-order valence-electron chi connectivity index (χ4n) is 3.08. The normalized spacial score (nSPS) is 18.5. The molecule has 6 nitrogen and oxygen atoms in total. The summed E-state index contributed by atoms with van der Waals surface area (Å²) in [7, 11) is 0. The van der Waals surface area contributed by atoms with E-state index < -0.39 is 11.7 Å². The Kier molecular flexibility index (Phi) is 5.06. The highest BCUT2D eigenvalue weighted by Crippen LogP contribution is 2.30. The van der Waals surface area contributed by atoms with E-state index in [-0.39, 0.29) is 11.8 Å². The zero-order chi connectivity index (χ0) is 18.9. The van der Waals surface area contributed by atoms with Gasteiger partial charge < -0.3 is 10.2 Å². The summed E-state index contributed by atoms with van der Waals surface area (Å²) in [5, 5.41) is 10.9. The van der Waals surface area contributed by atoms with Crippen molar-refractivity contribution in [3.8, 4) is 0 Å². The lowest BCUT2D eigenvalue weighted by molar-refractivity contribution is -0.137. The van der Waals surface area contributed by atoms with Crippen molar-refractivity contribution in [2.75, 3.05) is 24.5 Å². The van der Waals surface area contributed by atoms with Crippen LogP contribution in [0.25, 0.3) is 5.65 Å². The first-order valence-corrected chi connectivity index (χ1v) is 8.70. The minimum absolute atomic E-state index is 0.0202. The van der Waals surface area contributed by atoms with Gasteiger partial charge in [-0.3, -0.25) is 9.20 Å².